The molecule has 74 valence electrons. The fourth-order valence-electron chi connectivity index (χ4n) is 1.35. The Hall–Kier alpha value is -0.800. The molecule has 0 saturated carbocycles. The molecule has 13 heavy (non-hydrogen) atoms. The normalized spacial score (nSPS) is 11.1. The summed E-state index contributed by atoms with van der Waals surface area (Å²) in [5.41, 5.74) is 6.77. The third kappa shape index (κ3) is 2.86. The van der Waals surface area contributed by atoms with Gasteiger partial charge in [0.25, 0.3) is 0 Å². The Morgan fingerprint density at radius 3 is 2.77 bits per heavy atom. The fourth-order valence-corrected chi connectivity index (χ4v) is 1.35. The van der Waals surface area contributed by atoms with E-state index in [2.05, 4.69) is 11.8 Å². The molecule has 0 aliphatic carbocycles. The van der Waals surface area contributed by atoms with Gasteiger partial charge in [-0.1, -0.05) is 6.92 Å². The lowest BCUT2D eigenvalue weighted by molar-refractivity contribution is 0.286. The van der Waals surface area contributed by atoms with Crippen LogP contribution in [-0.2, 0) is 6.54 Å². The third-order valence-electron chi connectivity index (χ3n) is 2.25. The van der Waals surface area contributed by atoms with Crippen LogP contribution in [-0.4, -0.2) is 24.5 Å². The van der Waals surface area contributed by atoms with Crippen LogP contribution in [0.15, 0.2) is 16.7 Å². The molecule has 0 saturated heterocycles. The van der Waals surface area contributed by atoms with Gasteiger partial charge in [-0.25, -0.2) is 0 Å². The highest BCUT2D eigenvalue weighted by atomic mass is 16.3. The van der Waals surface area contributed by atoms with E-state index in [1.165, 1.54) is 5.56 Å². The minimum atomic E-state index is 0.713. The summed E-state index contributed by atoms with van der Waals surface area (Å²) >= 11 is 0. The van der Waals surface area contributed by atoms with Gasteiger partial charge in [-0.2, -0.15) is 0 Å². The van der Waals surface area contributed by atoms with Gasteiger partial charge in [-0.05, 0) is 19.5 Å². The first-order chi connectivity index (χ1) is 6.27. The van der Waals surface area contributed by atoms with E-state index in [4.69, 9.17) is 10.2 Å². The maximum Gasteiger partial charge on any atom is 0.105 e. The molecule has 0 radical (unpaired) electrons. The molecule has 0 unspecified atom stereocenters. The van der Waals surface area contributed by atoms with Gasteiger partial charge in [0.1, 0.15) is 5.76 Å². The third-order valence-corrected chi connectivity index (χ3v) is 2.25. The lowest BCUT2D eigenvalue weighted by Crippen LogP contribution is -2.28. The number of nitrogens with zero attached hydrogens (tertiary/aromatic N) is 1. The second kappa shape index (κ2) is 5.04. The molecule has 2 N–H and O–H groups in total. The van der Waals surface area contributed by atoms with Crippen molar-refractivity contribution in [2.24, 2.45) is 5.73 Å². The summed E-state index contributed by atoms with van der Waals surface area (Å²) in [4.78, 5) is 2.30. The van der Waals surface area contributed by atoms with Gasteiger partial charge in [0.05, 0.1) is 6.26 Å². The van der Waals surface area contributed by atoms with E-state index in [0.717, 1.165) is 25.4 Å². The maximum atomic E-state index is 5.51. The Morgan fingerprint density at radius 2 is 2.31 bits per heavy atom. The minimum absolute atomic E-state index is 0.713. The van der Waals surface area contributed by atoms with Gasteiger partial charge in [0.2, 0.25) is 0 Å². The molecule has 0 bridgehead atoms. The molecule has 0 aliphatic rings. The van der Waals surface area contributed by atoms with Crippen molar-refractivity contribution in [2.75, 3.05) is 19.6 Å². The van der Waals surface area contributed by atoms with Crippen LogP contribution in [0.3, 0.4) is 0 Å². The SMILES string of the molecule is CCN(CCN)Cc1ccoc1C. The van der Waals surface area contributed by atoms with Crippen LogP contribution in [0.1, 0.15) is 18.2 Å². The fraction of sp³-hybridized carbons (Fsp3) is 0.600. The zero-order valence-corrected chi connectivity index (χ0v) is 8.42. The molecule has 0 spiro atoms. The molecule has 0 atom stereocenters. The molecular formula is C10H18N2O. The van der Waals surface area contributed by atoms with Crippen molar-refractivity contribution >= 4 is 0 Å². The predicted molar refractivity (Wildman–Crippen MR) is 53.5 cm³/mol. The summed E-state index contributed by atoms with van der Waals surface area (Å²) in [6.45, 7) is 7.76. The Kier molecular flexibility index (Phi) is 3.99. The highest BCUT2D eigenvalue weighted by molar-refractivity contribution is 5.15. The number of furan rings is 1. The predicted octanol–water partition coefficient (Wildman–Crippen LogP) is 1.37. The minimum Gasteiger partial charge on any atom is -0.469 e. The summed E-state index contributed by atoms with van der Waals surface area (Å²) in [6, 6.07) is 2.02. The molecule has 1 rings (SSSR count). The number of rotatable bonds is 5. The van der Waals surface area contributed by atoms with Crippen LogP contribution in [0.5, 0.6) is 0 Å². The molecule has 1 heterocycles. The zero-order chi connectivity index (χ0) is 9.68. The molecular weight excluding hydrogens is 164 g/mol. The number of likely N-dealkylation sites (N-methyl/N-ethyl adjacent to an activating group) is 1. The van der Waals surface area contributed by atoms with E-state index < -0.39 is 0 Å². The second-order valence-electron chi connectivity index (χ2n) is 3.16. The van der Waals surface area contributed by atoms with Crippen LogP contribution in [0.2, 0.25) is 0 Å². The lowest BCUT2D eigenvalue weighted by atomic mass is 10.2. The molecule has 1 aromatic rings. The molecule has 0 amide bonds. The van der Waals surface area contributed by atoms with Gasteiger partial charge in [-0.3, -0.25) is 4.90 Å². The molecule has 0 aromatic carbocycles. The number of aryl methyl sites for hydroxylation is 1. The van der Waals surface area contributed by atoms with E-state index in [9.17, 15) is 0 Å². The van der Waals surface area contributed by atoms with Crippen molar-refractivity contribution in [3.8, 4) is 0 Å². The van der Waals surface area contributed by atoms with E-state index in [1.54, 1.807) is 6.26 Å². The van der Waals surface area contributed by atoms with Crippen molar-refractivity contribution < 1.29 is 4.42 Å². The van der Waals surface area contributed by atoms with Gasteiger partial charge in [-0.15, -0.1) is 0 Å². The van der Waals surface area contributed by atoms with Crippen LogP contribution in [0.4, 0.5) is 0 Å². The highest BCUT2D eigenvalue weighted by Crippen LogP contribution is 2.11. The topological polar surface area (TPSA) is 42.4 Å². The second-order valence-corrected chi connectivity index (χ2v) is 3.16. The van der Waals surface area contributed by atoms with E-state index in [1.807, 2.05) is 13.0 Å². The van der Waals surface area contributed by atoms with Gasteiger partial charge < -0.3 is 10.2 Å². The summed E-state index contributed by atoms with van der Waals surface area (Å²) < 4.78 is 5.23. The molecule has 3 nitrogen and oxygen atoms in total. The Labute approximate surface area is 79.5 Å². The van der Waals surface area contributed by atoms with Crippen molar-refractivity contribution in [2.45, 2.75) is 20.4 Å². The largest absolute Gasteiger partial charge is 0.469 e. The first-order valence-electron chi connectivity index (χ1n) is 4.73. The molecule has 0 aliphatic heterocycles. The van der Waals surface area contributed by atoms with Crippen molar-refractivity contribution in [1.82, 2.24) is 4.90 Å². The summed E-state index contributed by atoms with van der Waals surface area (Å²) in [7, 11) is 0. The quantitative estimate of drug-likeness (QED) is 0.747. The van der Waals surface area contributed by atoms with E-state index >= 15 is 0 Å². The maximum absolute atomic E-state index is 5.51. The monoisotopic (exact) mass is 182 g/mol. The first kappa shape index (κ1) is 10.3. The van der Waals surface area contributed by atoms with Crippen molar-refractivity contribution in [3.63, 3.8) is 0 Å². The Balaban J connectivity index is 2.51. The number of hydrogen-bond donors (Lipinski definition) is 1. The number of hydrogen-bond acceptors (Lipinski definition) is 3. The average Bonchev–Trinajstić information content (AvgIpc) is 2.51. The Morgan fingerprint density at radius 1 is 1.54 bits per heavy atom. The lowest BCUT2D eigenvalue weighted by Gasteiger charge is -2.18. The van der Waals surface area contributed by atoms with Crippen LogP contribution in [0, 0.1) is 6.92 Å². The van der Waals surface area contributed by atoms with Crippen LogP contribution in [0.25, 0.3) is 0 Å². The average molecular weight is 182 g/mol. The summed E-state index contributed by atoms with van der Waals surface area (Å²) in [6.07, 6.45) is 1.74. The zero-order valence-electron chi connectivity index (χ0n) is 8.42. The summed E-state index contributed by atoms with van der Waals surface area (Å²) in [5.74, 6) is 1.01. The standard InChI is InChI=1S/C10H18N2O/c1-3-12(6-5-11)8-10-4-7-13-9(10)2/h4,7H,3,5-6,8,11H2,1-2H3. The summed E-state index contributed by atoms with van der Waals surface area (Å²) in [5, 5.41) is 0. The molecule has 1 aromatic heterocycles. The molecule has 3 heteroatoms. The van der Waals surface area contributed by atoms with Crippen molar-refractivity contribution in [1.29, 1.82) is 0 Å². The van der Waals surface area contributed by atoms with Crippen molar-refractivity contribution in [3.05, 3.63) is 23.7 Å². The first-order valence-corrected chi connectivity index (χ1v) is 4.73. The smallest absolute Gasteiger partial charge is 0.105 e. The Bertz CT molecular complexity index is 245. The van der Waals surface area contributed by atoms with E-state index in [0.29, 0.717) is 6.54 Å². The van der Waals surface area contributed by atoms with Gasteiger partial charge >= 0.3 is 0 Å². The van der Waals surface area contributed by atoms with Crippen LogP contribution >= 0.6 is 0 Å². The molecule has 0 fully saturated rings. The van der Waals surface area contributed by atoms with E-state index in [-0.39, 0.29) is 0 Å². The number of nitrogens with two attached hydrogens (primary N) is 1. The highest BCUT2D eigenvalue weighted by Gasteiger charge is 2.06. The van der Waals surface area contributed by atoms with Gasteiger partial charge in [0.15, 0.2) is 0 Å². The van der Waals surface area contributed by atoms with Gasteiger partial charge in [0, 0.05) is 25.2 Å². The van der Waals surface area contributed by atoms with Crippen LogP contribution < -0.4 is 5.73 Å².